The average Bonchev–Trinajstić information content (AvgIpc) is 3.29. The lowest BCUT2D eigenvalue weighted by atomic mass is 9.94. The van der Waals surface area contributed by atoms with Crippen LogP contribution in [0.15, 0.2) is 29.1 Å². The molecule has 7 heteroatoms. The van der Waals surface area contributed by atoms with Crippen LogP contribution in [0.3, 0.4) is 0 Å². The molecule has 1 aliphatic carbocycles. The SMILES string of the molecule is COc1cc(CNCCc2cscn2)ccc1OC[C@H](O)CN(C)C1CCCCC1. The number of thiazole rings is 1. The molecule has 166 valence electrons. The Balaban J connectivity index is 1.42. The van der Waals surface area contributed by atoms with Crippen molar-refractivity contribution in [1.82, 2.24) is 15.2 Å². The second-order valence-electron chi connectivity index (χ2n) is 8.09. The van der Waals surface area contributed by atoms with Gasteiger partial charge in [0.25, 0.3) is 0 Å². The number of ether oxygens (including phenoxy) is 2. The molecule has 2 aromatic rings. The molecule has 1 saturated carbocycles. The van der Waals surface area contributed by atoms with Crippen molar-refractivity contribution >= 4 is 11.3 Å². The summed E-state index contributed by atoms with van der Waals surface area (Å²) in [6.07, 6.45) is 6.81. The van der Waals surface area contributed by atoms with Gasteiger partial charge in [0.2, 0.25) is 0 Å². The van der Waals surface area contributed by atoms with Crippen LogP contribution in [0.5, 0.6) is 11.5 Å². The normalized spacial score (nSPS) is 16.0. The number of nitrogens with zero attached hydrogens (tertiary/aromatic N) is 2. The van der Waals surface area contributed by atoms with Crippen LogP contribution in [0, 0.1) is 0 Å². The zero-order valence-electron chi connectivity index (χ0n) is 18.2. The lowest BCUT2D eigenvalue weighted by Crippen LogP contribution is -2.40. The van der Waals surface area contributed by atoms with Crippen LogP contribution in [0.4, 0.5) is 0 Å². The molecular weight excluding hydrogens is 398 g/mol. The summed E-state index contributed by atoms with van der Waals surface area (Å²) in [6, 6.07) is 6.54. The van der Waals surface area contributed by atoms with Crippen LogP contribution in [0.25, 0.3) is 0 Å². The Labute approximate surface area is 184 Å². The Kier molecular flexibility index (Phi) is 9.39. The van der Waals surface area contributed by atoms with Crippen molar-refractivity contribution < 1.29 is 14.6 Å². The van der Waals surface area contributed by atoms with Crippen molar-refractivity contribution in [1.29, 1.82) is 0 Å². The van der Waals surface area contributed by atoms with E-state index >= 15 is 0 Å². The first kappa shape index (κ1) is 23.0. The van der Waals surface area contributed by atoms with Gasteiger partial charge in [-0.25, -0.2) is 4.98 Å². The summed E-state index contributed by atoms with van der Waals surface area (Å²) < 4.78 is 11.4. The van der Waals surface area contributed by atoms with Gasteiger partial charge in [0.05, 0.1) is 18.3 Å². The highest BCUT2D eigenvalue weighted by Crippen LogP contribution is 2.28. The maximum absolute atomic E-state index is 10.4. The number of aromatic nitrogens is 1. The fourth-order valence-corrected chi connectivity index (χ4v) is 4.59. The Morgan fingerprint density at radius 3 is 2.83 bits per heavy atom. The summed E-state index contributed by atoms with van der Waals surface area (Å²) in [6.45, 7) is 2.53. The van der Waals surface area contributed by atoms with Crippen molar-refractivity contribution in [3.05, 3.63) is 40.3 Å². The van der Waals surface area contributed by atoms with Crippen LogP contribution in [0.2, 0.25) is 0 Å². The molecule has 1 fully saturated rings. The molecule has 1 atom stereocenters. The van der Waals surface area contributed by atoms with E-state index in [1.807, 2.05) is 23.7 Å². The number of rotatable bonds is 12. The third kappa shape index (κ3) is 7.23. The quantitative estimate of drug-likeness (QED) is 0.500. The van der Waals surface area contributed by atoms with Crippen LogP contribution in [-0.4, -0.2) is 61.0 Å². The Morgan fingerprint density at radius 1 is 1.27 bits per heavy atom. The molecule has 0 radical (unpaired) electrons. The highest BCUT2D eigenvalue weighted by molar-refractivity contribution is 7.07. The molecular formula is C23H35N3O3S. The predicted octanol–water partition coefficient (Wildman–Crippen LogP) is 3.49. The first-order valence-corrected chi connectivity index (χ1v) is 11.9. The van der Waals surface area contributed by atoms with Crippen molar-refractivity contribution in [2.45, 2.75) is 57.2 Å². The van der Waals surface area contributed by atoms with E-state index in [4.69, 9.17) is 9.47 Å². The first-order valence-electron chi connectivity index (χ1n) is 10.9. The lowest BCUT2D eigenvalue weighted by molar-refractivity contribution is 0.0553. The van der Waals surface area contributed by atoms with E-state index in [-0.39, 0.29) is 6.61 Å². The minimum absolute atomic E-state index is 0.263. The molecule has 3 rings (SSSR count). The fraction of sp³-hybridized carbons (Fsp3) is 0.609. The van der Waals surface area contributed by atoms with Gasteiger partial charge in [-0.1, -0.05) is 25.3 Å². The molecule has 0 saturated heterocycles. The zero-order valence-corrected chi connectivity index (χ0v) is 19.0. The Morgan fingerprint density at radius 2 is 2.10 bits per heavy atom. The van der Waals surface area contributed by atoms with E-state index in [0.717, 1.165) is 30.8 Å². The Hall–Kier alpha value is -1.67. The van der Waals surface area contributed by atoms with Crippen LogP contribution < -0.4 is 14.8 Å². The monoisotopic (exact) mass is 433 g/mol. The molecule has 1 aromatic heterocycles. The molecule has 2 N–H and O–H groups in total. The van der Waals surface area contributed by atoms with E-state index in [1.54, 1.807) is 18.4 Å². The number of hydrogen-bond donors (Lipinski definition) is 2. The van der Waals surface area contributed by atoms with Gasteiger partial charge in [0, 0.05) is 37.5 Å². The molecule has 0 amide bonds. The van der Waals surface area contributed by atoms with Crippen molar-refractivity contribution in [2.24, 2.45) is 0 Å². The number of aliphatic hydroxyl groups is 1. The molecule has 1 aliphatic rings. The topological polar surface area (TPSA) is 66.8 Å². The maximum atomic E-state index is 10.4. The average molecular weight is 434 g/mol. The summed E-state index contributed by atoms with van der Waals surface area (Å²) in [5, 5.41) is 15.9. The molecule has 0 unspecified atom stereocenters. The second-order valence-corrected chi connectivity index (χ2v) is 8.81. The van der Waals surface area contributed by atoms with E-state index in [0.29, 0.717) is 24.1 Å². The van der Waals surface area contributed by atoms with Crippen molar-refractivity contribution in [3.8, 4) is 11.5 Å². The Bertz CT molecular complexity index is 735. The van der Waals surface area contributed by atoms with E-state index < -0.39 is 6.10 Å². The second kappa shape index (κ2) is 12.2. The summed E-state index contributed by atoms with van der Waals surface area (Å²) >= 11 is 1.63. The summed E-state index contributed by atoms with van der Waals surface area (Å²) in [5.74, 6) is 1.37. The molecule has 1 heterocycles. The summed E-state index contributed by atoms with van der Waals surface area (Å²) in [4.78, 5) is 6.58. The van der Waals surface area contributed by atoms with E-state index in [2.05, 4.69) is 27.6 Å². The van der Waals surface area contributed by atoms with Gasteiger partial charge in [-0.15, -0.1) is 11.3 Å². The van der Waals surface area contributed by atoms with Gasteiger partial charge in [0.15, 0.2) is 11.5 Å². The maximum Gasteiger partial charge on any atom is 0.161 e. The summed E-state index contributed by atoms with van der Waals surface area (Å²) in [5.41, 5.74) is 4.13. The van der Waals surface area contributed by atoms with Gasteiger partial charge < -0.3 is 24.8 Å². The minimum Gasteiger partial charge on any atom is -0.493 e. The number of hydrogen-bond acceptors (Lipinski definition) is 7. The molecule has 0 spiro atoms. The highest BCUT2D eigenvalue weighted by Gasteiger charge is 2.20. The number of aliphatic hydroxyl groups excluding tert-OH is 1. The zero-order chi connectivity index (χ0) is 21.2. The lowest BCUT2D eigenvalue weighted by Gasteiger charge is -2.32. The highest BCUT2D eigenvalue weighted by atomic mass is 32.1. The molecule has 0 aliphatic heterocycles. The molecule has 1 aromatic carbocycles. The summed E-state index contributed by atoms with van der Waals surface area (Å²) in [7, 11) is 3.75. The van der Waals surface area contributed by atoms with Crippen molar-refractivity contribution in [2.75, 3.05) is 33.9 Å². The number of methoxy groups -OCH3 is 1. The number of nitrogens with one attached hydrogen (secondary N) is 1. The smallest absolute Gasteiger partial charge is 0.161 e. The van der Waals surface area contributed by atoms with Gasteiger partial charge >= 0.3 is 0 Å². The largest absolute Gasteiger partial charge is 0.493 e. The third-order valence-electron chi connectivity index (χ3n) is 5.73. The van der Waals surface area contributed by atoms with E-state index in [1.165, 1.54) is 32.1 Å². The molecule has 6 nitrogen and oxygen atoms in total. The van der Waals surface area contributed by atoms with Crippen molar-refractivity contribution in [3.63, 3.8) is 0 Å². The van der Waals surface area contributed by atoms with Gasteiger partial charge in [-0.3, -0.25) is 0 Å². The third-order valence-corrected chi connectivity index (χ3v) is 6.36. The standard InChI is InChI=1S/C23H35N3O3S/c1-26(20-6-4-3-5-7-20)14-21(27)15-29-22-9-8-18(12-23(22)28-2)13-24-11-10-19-16-30-17-25-19/h8-9,12,16-17,20-21,24,27H,3-7,10-11,13-15H2,1-2H3/t21-/m1/s1. The van der Waals surface area contributed by atoms with Gasteiger partial charge in [-0.2, -0.15) is 0 Å². The van der Waals surface area contributed by atoms with Gasteiger partial charge in [0.1, 0.15) is 12.7 Å². The van der Waals surface area contributed by atoms with Crippen LogP contribution in [-0.2, 0) is 13.0 Å². The molecule has 30 heavy (non-hydrogen) atoms. The minimum atomic E-state index is -0.520. The molecule has 0 bridgehead atoms. The number of benzene rings is 1. The van der Waals surface area contributed by atoms with Crippen LogP contribution >= 0.6 is 11.3 Å². The predicted molar refractivity (Wildman–Crippen MR) is 122 cm³/mol. The van der Waals surface area contributed by atoms with Crippen LogP contribution in [0.1, 0.15) is 43.4 Å². The van der Waals surface area contributed by atoms with Gasteiger partial charge in [-0.05, 0) is 37.6 Å². The van der Waals surface area contributed by atoms with E-state index in [9.17, 15) is 5.11 Å². The first-order chi connectivity index (χ1) is 14.7. The number of likely N-dealkylation sites (N-methyl/N-ethyl adjacent to an activating group) is 1. The fourth-order valence-electron chi connectivity index (χ4n) is 3.99.